The number of nitrogens with one attached hydrogen (secondary N) is 2. The number of hydrogen-bond donors (Lipinski definition) is 2. The predicted molar refractivity (Wildman–Crippen MR) is 120 cm³/mol. The highest BCUT2D eigenvalue weighted by Crippen LogP contribution is 2.15. The van der Waals surface area contributed by atoms with Crippen LogP contribution < -0.4 is 15.4 Å². The largest absolute Gasteiger partial charge is 0.492 e. The lowest BCUT2D eigenvalue weighted by Gasteiger charge is -2.21. The van der Waals surface area contributed by atoms with E-state index in [1.54, 1.807) is 0 Å². The van der Waals surface area contributed by atoms with Gasteiger partial charge in [0.15, 0.2) is 17.6 Å². The van der Waals surface area contributed by atoms with Crippen molar-refractivity contribution in [2.75, 3.05) is 52.7 Å². The summed E-state index contributed by atoms with van der Waals surface area (Å²) in [4.78, 5) is 4.50. The fourth-order valence-electron chi connectivity index (χ4n) is 2.77. The smallest absolute Gasteiger partial charge is 0.191 e. The fraction of sp³-hybridized carbons (Fsp3) is 0.650. The number of nitrogens with zero attached hydrogens (tertiary/aromatic N) is 1. The molecule has 2 N–H and O–H groups in total. The van der Waals surface area contributed by atoms with Crippen LogP contribution in [0.4, 0.5) is 8.78 Å². The van der Waals surface area contributed by atoms with Gasteiger partial charge in [-0.3, -0.25) is 4.99 Å². The molecule has 0 unspecified atom stereocenters. The summed E-state index contributed by atoms with van der Waals surface area (Å²) >= 11 is 0. The zero-order chi connectivity index (χ0) is 20.0. The van der Waals surface area contributed by atoms with E-state index in [9.17, 15) is 8.78 Å². The van der Waals surface area contributed by atoms with Crippen molar-refractivity contribution >= 4 is 29.9 Å². The average molecular weight is 527 g/mol. The Labute approximate surface area is 188 Å². The van der Waals surface area contributed by atoms with Gasteiger partial charge < -0.3 is 24.8 Å². The van der Waals surface area contributed by atoms with E-state index in [1.807, 2.05) is 6.92 Å². The standard InChI is InChI=1S/C20H31F2N3O3.HI/c1-2-23-20(24-8-3-10-27-15-16-6-11-26-12-7-16)25-9-13-28-17-4-5-18(21)19(22)14-17;/h4-5,14,16H,2-3,6-13,15H2,1H3,(H2,23,24,25);1H. The molecule has 2 rings (SSSR count). The third kappa shape index (κ3) is 10.9. The summed E-state index contributed by atoms with van der Waals surface area (Å²) in [5.41, 5.74) is 0. The Balaban J connectivity index is 0.00000420. The Hall–Kier alpha value is -1.20. The van der Waals surface area contributed by atoms with Gasteiger partial charge in [-0.15, -0.1) is 24.0 Å². The lowest BCUT2D eigenvalue weighted by atomic mass is 10.0. The van der Waals surface area contributed by atoms with Crippen molar-refractivity contribution in [1.29, 1.82) is 0 Å². The minimum Gasteiger partial charge on any atom is -0.492 e. The minimum atomic E-state index is -0.917. The fourth-order valence-corrected chi connectivity index (χ4v) is 2.77. The highest BCUT2D eigenvalue weighted by atomic mass is 127. The molecular formula is C20H32F2IN3O3. The van der Waals surface area contributed by atoms with Gasteiger partial charge in [0.05, 0.1) is 6.54 Å². The summed E-state index contributed by atoms with van der Waals surface area (Å²) in [6, 6.07) is 3.49. The molecule has 1 heterocycles. The second kappa shape index (κ2) is 15.6. The zero-order valence-electron chi connectivity index (χ0n) is 16.9. The van der Waals surface area contributed by atoms with Gasteiger partial charge >= 0.3 is 0 Å². The quantitative estimate of drug-likeness (QED) is 0.200. The summed E-state index contributed by atoms with van der Waals surface area (Å²) < 4.78 is 42.5. The molecule has 1 aromatic carbocycles. The molecule has 29 heavy (non-hydrogen) atoms. The maximum Gasteiger partial charge on any atom is 0.191 e. The molecule has 0 atom stereocenters. The number of rotatable bonds is 11. The van der Waals surface area contributed by atoms with Crippen molar-refractivity contribution in [1.82, 2.24) is 10.6 Å². The van der Waals surface area contributed by atoms with Crippen LogP contribution in [-0.4, -0.2) is 58.6 Å². The maximum absolute atomic E-state index is 13.1. The van der Waals surface area contributed by atoms with Crippen LogP contribution >= 0.6 is 24.0 Å². The monoisotopic (exact) mass is 527 g/mol. The number of halogens is 3. The first kappa shape index (κ1) is 25.8. The number of hydrogen-bond acceptors (Lipinski definition) is 4. The zero-order valence-corrected chi connectivity index (χ0v) is 19.3. The van der Waals surface area contributed by atoms with Gasteiger partial charge in [0.1, 0.15) is 12.4 Å². The molecule has 0 aromatic heterocycles. The summed E-state index contributed by atoms with van der Waals surface area (Å²) in [7, 11) is 0. The van der Waals surface area contributed by atoms with E-state index < -0.39 is 11.6 Å². The van der Waals surface area contributed by atoms with Crippen molar-refractivity contribution in [2.45, 2.75) is 26.2 Å². The molecule has 0 aliphatic carbocycles. The van der Waals surface area contributed by atoms with Gasteiger partial charge in [0.25, 0.3) is 0 Å². The van der Waals surface area contributed by atoms with Crippen LogP contribution in [-0.2, 0) is 9.47 Å². The lowest BCUT2D eigenvalue weighted by molar-refractivity contribution is 0.0205. The second-order valence-corrected chi connectivity index (χ2v) is 6.60. The Bertz CT molecular complexity index is 602. The summed E-state index contributed by atoms with van der Waals surface area (Å²) in [6.45, 7) is 7.38. The van der Waals surface area contributed by atoms with Crippen molar-refractivity contribution in [2.24, 2.45) is 10.9 Å². The number of benzene rings is 1. The van der Waals surface area contributed by atoms with Gasteiger partial charge in [-0.05, 0) is 44.2 Å². The molecular weight excluding hydrogens is 495 g/mol. The van der Waals surface area contributed by atoms with Crippen molar-refractivity contribution in [3.05, 3.63) is 29.8 Å². The molecule has 1 saturated heterocycles. The highest BCUT2D eigenvalue weighted by Gasteiger charge is 2.13. The molecule has 0 bridgehead atoms. The molecule has 166 valence electrons. The van der Waals surface area contributed by atoms with Gasteiger partial charge in [0.2, 0.25) is 0 Å². The van der Waals surface area contributed by atoms with E-state index in [0.717, 1.165) is 57.8 Å². The second-order valence-electron chi connectivity index (χ2n) is 6.60. The Kier molecular flexibility index (Phi) is 13.9. The van der Waals surface area contributed by atoms with E-state index >= 15 is 0 Å². The first-order valence-electron chi connectivity index (χ1n) is 9.94. The van der Waals surface area contributed by atoms with Crippen molar-refractivity contribution in [3.63, 3.8) is 0 Å². The van der Waals surface area contributed by atoms with Crippen LogP contribution in [0.2, 0.25) is 0 Å². The number of aliphatic imine (C=N–C) groups is 1. The predicted octanol–water partition coefficient (Wildman–Crippen LogP) is 3.35. The summed E-state index contributed by atoms with van der Waals surface area (Å²) in [5.74, 6) is -0.195. The van der Waals surface area contributed by atoms with E-state index in [1.165, 1.54) is 6.07 Å². The van der Waals surface area contributed by atoms with Gasteiger partial charge in [-0.25, -0.2) is 8.78 Å². The summed E-state index contributed by atoms with van der Waals surface area (Å²) in [6.07, 6.45) is 3.02. The molecule has 1 fully saturated rings. The normalized spacial score (nSPS) is 14.9. The van der Waals surface area contributed by atoms with E-state index in [2.05, 4.69) is 15.6 Å². The first-order chi connectivity index (χ1) is 13.7. The first-order valence-corrected chi connectivity index (χ1v) is 9.94. The minimum absolute atomic E-state index is 0. The molecule has 1 aromatic rings. The molecule has 0 radical (unpaired) electrons. The van der Waals surface area contributed by atoms with Crippen LogP contribution in [0.3, 0.4) is 0 Å². The third-order valence-corrected chi connectivity index (χ3v) is 4.31. The molecule has 0 spiro atoms. The average Bonchev–Trinajstić information content (AvgIpc) is 2.71. The Morgan fingerprint density at radius 2 is 1.97 bits per heavy atom. The van der Waals surface area contributed by atoms with E-state index in [4.69, 9.17) is 14.2 Å². The van der Waals surface area contributed by atoms with Crippen molar-refractivity contribution < 1.29 is 23.0 Å². The van der Waals surface area contributed by atoms with E-state index in [0.29, 0.717) is 43.9 Å². The Morgan fingerprint density at radius 1 is 1.17 bits per heavy atom. The topological polar surface area (TPSA) is 64.1 Å². The van der Waals surface area contributed by atoms with Crippen molar-refractivity contribution in [3.8, 4) is 5.75 Å². The van der Waals surface area contributed by atoms with Crippen LogP contribution in [0.5, 0.6) is 5.75 Å². The van der Waals surface area contributed by atoms with E-state index in [-0.39, 0.29) is 24.0 Å². The molecule has 0 amide bonds. The van der Waals surface area contributed by atoms with Crippen LogP contribution in [0.15, 0.2) is 23.2 Å². The maximum atomic E-state index is 13.1. The van der Waals surface area contributed by atoms with Gasteiger partial charge in [-0.2, -0.15) is 0 Å². The van der Waals surface area contributed by atoms with Crippen LogP contribution in [0.25, 0.3) is 0 Å². The molecule has 1 aliphatic heterocycles. The molecule has 9 heteroatoms. The molecule has 1 aliphatic rings. The lowest BCUT2D eigenvalue weighted by Crippen LogP contribution is -2.39. The Morgan fingerprint density at radius 3 is 2.69 bits per heavy atom. The molecule has 6 nitrogen and oxygen atoms in total. The summed E-state index contributed by atoms with van der Waals surface area (Å²) in [5, 5.41) is 6.31. The van der Waals surface area contributed by atoms with Gasteiger partial charge in [-0.1, -0.05) is 0 Å². The SMILES string of the molecule is CCNC(=NCCCOCC1CCOCC1)NCCOc1ccc(F)c(F)c1.I. The van der Waals surface area contributed by atoms with Gasteiger partial charge in [0, 0.05) is 45.6 Å². The van der Waals surface area contributed by atoms with Crippen LogP contribution in [0.1, 0.15) is 26.2 Å². The highest BCUT2D eigenvalue weighted by molar-refractivity contribution is 14.0. The number of ether oxygens (including phenoxy) is 3. The third-order valence-electron chi connectivity index (χ3n) is 4.31. The van der Waals surface area contributed by atoms with Crippen LogP contribution in [0, 0.1) is 17.6 Å². The molecule has 0 saturated carbocycles. The number of guanidine groups is 1.